The van der Waals surface area contributed by atoms with Crippen LogP contribution >= 0.6 is 11.6 Å². The number of rotatable bonds is 6. The van der Waals surface area contributed by atoms with Gasteiger partial charge in [0, 0.05) is 16.2 Å². The van der Waals surface area contributed by atoms with Crippen LogP contribution in [0.15, 0.2) is 78.6 Å². The molecule has 31 heavy (non-hydrogen) atoms. The van der Waals surface area contributed by atoms with E-state index < -0.39 is 11.9 Å². The van der Waals surface area contributed by atoms with Crippen LogP contribution in [0.1, 0.15) is 22.7 Å². The summed E-state index contributed by atoms with van der Waals surface area (Å²) in [6, 6.07) is 21.7. The van der Waals surface area contributed by atoms with E-state index in [0.717, 1.165) is 16.7 Å². The molecule has 0 saturated heterocycles. The van der Waals surface area contributed by atoms with Crippen LogP contribution in [-0.4, -0.2) is 30.1 Å². The maximum absolute atomic E-state index is 13.2. The van der Waals surface area contributed by atoms with Crippen molar-refractivity contribution < 1.29 is 19.4 Å². The second-order valence-corrected chi connectivity index (χ2v) is 7.63. The van der Waals surface area contributed by atoms with Crippen molar-refractivity contribution in [2.75, 3.05) is 14.2 Å². The van der Waals surface area contributed by atoms with Gasteiger partial charge in [-0.1, -0.05) is 54.1 Å². The number of benzene rings is 3. The molecule has 0 saturated carbocycles. The predicted octanol–water partition coefficient (Wildman–Crippen LogP) is 5.41. The number of hydrogen-bond acceptors (Lipinski definition) is 4. The molecule has 3 aromatic rings. The van der Waals surface area contributed by atoms with E-state index in [9.17, 15) is 9.90 Å². The van der Waals surface area contributed by atoms with Gasteiger partial charge in [-0.2, -0.15) is 0 Å². The third-order valence-corrected chi connectivity index (χ3v) is 5.68. The summed E-state index contributed by atoms with van der Waals surface area (Å²) < 4.78 is 10.7. The van der Waals surface area contributed by atoms with Gasteiger partial charge in [-0.15, -0.1) is 0 Å². The minimum atomic E-state index is -0.483. The second-order valence-electron chi connectivity index (χ2n) is 7.19. The van der Waals surface area contributed by atoms with Crippen LogP contribution in [0.4, 0.5) is 0 Å². The lowest BCUT2D eigenvalue weighted by molar-refractivity contribution is -0.130. The van der Waals surface area contributed by atoms with E-state index in [1.54, 1.807) is 31.3 Å². The van der Waals surface area contributed by atoms with Gasteiger partial charge in [-0.05, 0) is 41.5 Å². The van der Waals surface area contributed by atoms with Crippen molar-refractivity contribution in [1.29, 1.82) is 0 Å². The Bertz CT molecular complexity index is 1120. The van der Waals surface area contributed by atoms with Gasteiger partial charge in [-0.25, -0.2) is 0 Å². The molecule has 1 amide bonds. The Morgan fingerprint density at radius 1 is 0.935 bits per heavy atom. The number of para-hydroxylation sites is 1. The number of ether oxygens (including phenoxy) is 2. The molecule has 3 aromatic carbocycles. The molecule has 0 unspecified atom stereocenters. The molecule has 0 radical (unpaired) electrons. The Kier molecular flexibility index (Phi) is 5.87. The Morgan fingerprint density at radius 3 is 2.26 bits per heavy atom. The number of carbonyl (C=O) groups excluding carboxylic acids is 1. The van der Waals surface area contributed by atoms with Gasteiger partial charge in [0.15, 0.2) is 5.76 Å². The molecular weight excluding hydrogens is 414 g/mol. The predicted molar refractivity (Wildman–Crippen MR) is 120 cm³/mol. The van der Waals surface area contributed by atoms with Gasteiger partial charge in [0.25, 0.3) is 5.91 Å². The summed E-state index contributed by atoms with van der Waals surface area (Å²) in [5.41, 5.74) is 2.99. The highest BCUT2D eigenvalue weighted by Crippen LogP contribution is 2.44. The monoisotopic (exact) mass is 435 g/mol. The molecule has 1 aliphatic rings. The molecule has 5 nitrogen and oxygen atoms in total. The van der Waals surface area contributed by atoms with Crippen molar-refractivity contribution >= 4 is 23.1 Å². The topological polar surface area (TPSA) is 59.0 Å². The van der Waals surface area contributed by atoms with Crippen LogP contribution in [0.25, 0.3) is 5.57 Å². The number of hydrogen-bond donors (Lipinski definition) is 1. The van der Waals surface area contributed by atoms with E-state index >= 15 is 0 Å². The number of methoxy groups -OCH3 is 2. The maximum atomic E-state index is 13.2. The molecule has 4 rings (SSSR count). The summed E-state index contributed by atoms with van der Waals surface area (Å²) in [6.07, 6.45) is 0. The molecule has 1 aliphatic heterocycles. The number of aliphatic hydroxyl groups excluding tert-OH is 1. The first-order valence-corrected chi connectivity index (χ1v) is 10.2. The first-order chi connectivity index (χ1) is 15.0. The normalized spacial score (nSPS) is 16.0. The summed E-state index contributed by atoms with van der Waals surface area (Å²) in [5.74, 6) is 0.682. The van der Waals surface area contributed by atoms with E-state index in [4.69, 9.17) is 21.1 Å². The van der Waals surface area contributed by atoms with Crippen molar-refractivity contribution in [2.24, 2.45) is 0 Å². The molecule has 0 spiro atoms. The van der Waals surface area contributed by atoms with E-state index in [-0.39, 0.29) is 12.3 Å². The first kappa shape index (κ1) is 20.8. The van der Waals surface area contributed by atoms with Crippen LogP contribution in [0, 0.1) is 0 Å². The van der Waals surface area contributed by atoms with Crippen molar-refractivity contribution in [3.63, 3.8) is 0 Å². The largest absolute Gasteiger partial charge is 0.503 e. The van der Waals surface area contributed by atoms with Crippen molar-refractivity contribution in [3.05, 3.63) is 100 Å². The van der Waals surface area contributed by atoms with Crippen LogP contribution < -0.4 is 9.47 Å². The number of halogens is 1. The molecule has 6 heteroatoms. The van der Waals surface area contributed by atoms with E-state index in [2.05, 4.69) is 0 Å². The summed E-state index contributed by atoms with van der Waals surface area (Å²) in [7, 11) is 3.19. The van der Waals surface area contributed by atoms with Crippen LogP contribution in [0.5, 0.6) is 11.5 Å². The Morgan fingerprint density at radius 2 is 1.61 bits per heavy atom. The number of carbonyl (C=O) groups is 1. The summed E-state index contributed by atoms with van der Waals surface area (Å²) >= 11 is 6.10. The molecule has 0 fully saturated rings. The molecule has 158 valence electrons. The average molecular weight is 436 g/mol. The van der Waals surface area contributed by atoms with Gasteiger partial charge < -0.3 is 19.5 Å². The van der Waals surface area contributed by atoms with Crippen LogP contribution in [0.2, 0.25) is 5.02 Å². The average Bonchev–Trinajstić information content (AvgIpc) is 3.05. The van der Waals surface area contributed by atoms with E-state index in [0.29, 0.717) is 22.1 Å². The lowest BCUT2D eigenvalue weighted by Gasteiger charge is -2.28. The van der Waals surface area contributed by atoms with Crippen LogP contribution in [0.3, 0.4) is 0 Å². The van der Waals surface area contributed by atoms with Crippen LogP contribution in [-0.2, 0) is 11.3 Å². The fourth-order valence-electron chi connectivity index (χ4n) is 3.89. The van der Waals surface area contributed by atoms with Crippen molar-refractivity contribution in [1.82, 2.24) is 4.90 Å². The zero-order valence-electron chi connectivity index (χ0n) is 17.2. The Balaban J connectivity index is 1.81. The van der Waals surface area contributed by atoms with Crippen molar-refractivity contribution in [2.45, 2.75) is 12.6 Å². The highest BCUT2D eigenvalue weighted by atomic mass is 35.5. The minimum absolute atomic E-state index is 0.264. The van der Waals surface area contributed by atoms with Gasteiger partial charge in [-0.3, -0.25) is 4.79 Å². The molecule has 0 aliphatic carbocycles. The number of amides is 1. The third-order valence-electron chi connectivity index (χ3n) is 5.42. The SMILES string of the molecule is COc1ccc(C2=C(O)C(=O)N(Cc3ccccc3OC)[C@H]2c2ccc(Cl)cc2)cc1. The number of aliphatic hydroxyl groups is 1. The summed E-state index contributed by atoms with van der Waals surface area (Å²) in [5, 5.41) is 11.5. The minimum Gasteiger partial charge on any atom is -0.503 e. The lowest BCUT2D eigenvalue weighted by atomic mass is 9.93. The molecule has 1 N–H and O–H groups in total. The first-order valence-electron chi connectivity index (χ1n) is 9.79. The molecule has 1 heterocycles. The summed E-state index contributed by atoms with van der Waals surface area (Å²) in [6.45, 7) is 0.278. The van der Waals surface area contributed by atoms with Gasteiger partial charge in [0.2, 0.25) is 0 Å². The standard InChI is InChI=1S/C25H22ClNO4/c1-30-20-13-9-16(10-14-20)22-23(17-7-11-19(26)12-8-17)27(25(29)24(22)28)15-18-5-3-4-6-21(18)31-2/h3-14,23,28H,15H2,1-2H3/t23-/m0/s1. The third kappa shape index (κ3) is 3.97. The van der Waals surface area contributed by atoms with E-state index in [1.165, 1.54) is 0 Å². The molecular formula is C25H22ClNO4. The second kappa shape index (κ2) is 8.74. The Hall–Kier alpha value is -3.44. The van der Waals surface area contributed by atoms with Crippen molar-refractivity contribution in [3.8, 4) is 11.5 Å². The Labute approximate surface area is 186 Å². The zero-order valence-corrected chi connectivity index (χ0v) is 18.0. The highest BCUT2D eigenvalue weighted by Gasteiger charge is 2.41. The molecule has 0 bridgehead atoms. The van der Waals surface area contributed by atoms with Gasteiger partial charge in [0.1, 0.15) is 11.5 Å². The smallest absolute Gasteiger partial charge is 0.290 e. The lowest BCUT2D eigenvalue weighted by Crippen LogP contribution is -2.30. The van der Waals surface area contributed by atoms with E-state index in [1.807, 2.05) is 60.7 Å². The molecule has 1 atom stereocenters. The highest BCUT2D eigenvalue weighted by molar-refractivity contribution is 6.30. The fraction of sp³-hybridized carbons (Fsp3) is 0.160. The quantitative estimate of drug-likeness (QED) is 0.562. The number of nitrogens with zero attached hydrogens (tertiary/aromatic N) is 1. The molecule has 0 aromatic heterocycles. The van der Waals surface area contributed by atoms with Gasteiger partial charge >= 0.3 is 0 Å². The zero-order chi connectivity index (χ0) is 22.0. The fourth-order valence-corrected chi connectivity index (χ4v) is 4.02. The summed E-state index contributed by atoms with van der Waals surface area (Å²) in [4.78, 5) is 14.8. The van der Waals surface area contributed by atoms with Gasteiger partial charge in [0.05, 0.1) is 26.8 Å². The maximum Gasteiger partial charge on any atom is 0.290 e.